The summed E-state index contributed by atoms with van der Waals surface area (Å²) >= 11 is 5.79. The first-order valence-electron chi connectivity index (χ1n) is 4.42. The van der Waals surface area contributed by atoms with Crippen molar-refractivity contribution in [1.29, 1.82) is 0 Å². The number of halogens is 4. The number of piperidine rings is 1. The van der Waals surface area contributed by atoms with Crippen LogP contribution in [0.25, 0.3) is 0 Å². The molecular formula is C7H9ClF3N3O. The number of nitrogens with one attached hydrogen (secondary N) is 2. The van der Waals surface area contributed by atoms with Gasteiger partial charge in [-0.05, 0) is 6.42 Å². The summed E-state index contributed by atoms with van der Waals surface area (Å²) in [5.74, 6) is -1.54. The van der Waals surface area contributed by atoms with Crippen LogP contribution in [0.5, 0.6) is 0 Å². The Morgan fingerprint density at radius 1 is 1.47 bits per heavy atom. The van der Waals surface area contributed by atoms with Crippen LogP contribution in [0, 0.1) is 5.92 Å². The molecule has 0 saturated carbocycles. The first-order chi connectivity index (χ1) is 6.89. The van der Waals surface area contributed by atoms with Gasteiger partial charge in [0.2, 0.25) is 0 Å². The number of nitrogens with zero attached hydrogens (tertiary/aromatic N) is 1. The van der Waals surface area contributed by atoms with Crippen molar-refractivity contribution in [2.75, 3.05) is 6.54 Å². The fraction of sp³-hybridized carbons (Fsp3) is 0.857. The summed E-state index contributed by atoms with van der Waals surface area (Å²) in [6, 6.07) is -0.556. The number of hydrogen-bond acceptors (Lipinski definition) is 2. The van der Waals surface area contributed by atoms with Crippen molar-refractivity contribution < 1.29 is 18.0 Å². The SMILES string of the molecule is O=C1NNC2C(Cl)CC(C(F)(F)F)CN12. The van der Waals surface area contributed by atoms with Crippen molar-refractivity contribution in [2.45, 2.75) is 24.1 Å². The Bertz CT molecular complexity index is 285. The lowest BCUT2D eigenvalue weighted by Crippen LogP contribution is -2.54. The Balaban J connectivity index is 2.14. The van der Waals surface area contributed by atoms with Crippen molar-refractivity contribution >= 4 is 17.6 Å². The van der Waals surface area contributed by atoms with Gasteiger partial charge in [-0.25, -0.2) is 10.2 Å². The summed E-state index contributed by atoms with van der Waals surface area (Å²) in [4.78, 5) is 12.2. The van der Waals surface area contributed by atoms with Crippen molar-refractivity contribution in [3.8, 4) is 0 Å². The molecule has 8 heteroatoms. The third-order valence-electron chi connectivity index (χ3n) is 2.66. The fourth-order valence-electron chi connectivity index (χ4n) is 1.84. The lowest BCUT2D eigenvalue weighted by molar-refractivity contribution is -0.185. The van der Waals surface area contributed by atoms with E-state index in [4.69, 9.17) is 11.6 Å². The van der Waals surface area contributed by atoms with Gasteiger partial charge in [0.15, 0.2) is 0 Å². The molecule has 4 nitrogen and oxygen atoms in total. The molecule has 0 aromatic carbocycles. The van der Waals surface area contributed by atoms with Gasteiger partial charge < -0.3 is 4.90 Å². The van der Waals surface area contributed by atoms with Crippen LogP contribution in [-0.2, 0) is 0 Å². The first-order valence-corrected chi connectivity index (χ1v) is 4.86. The Labute approximate surface area is 88.7 Å². The molecular weight excluding hydrogens is 235 g/mol. The van der Waals surface area contributed by atoms with Crippen LogP contribution in [0.15, 0.2) is 0 Å². The van der Waals surface area contributed by atoms with E-state index in [-0.39, 0.29) is 13.0 Å². The Morgan fingerprint density at radius 3 is 2.73 bits per heavy atom. The van der Waals surface area contributed by atoms with E-state index >= 15 is 0 Å². The topological polar surface area (TPSA) is 44.4 Å². The van der Waals surface area contributed by atoms with Crippen LogP contribution in [0.4, 0.5) is 18.0 Å². The van der Waals surface area contributed by atoms with E-state index in [1.807, 2.05) is 0 Å². The van der Waals surface area contributed by atoms with E-state index < -0.39 is 29.7 Å². The number of fused-ring (bicyclic) bond motifs is 1. The Hall–Kier alpha value is -0.690. The van der Waals surface area contributed by atoms with Crippen molar-refractivity contribution in [2.24, 2.45) is 5.92 Å². The third kappa shape index (κ3) is 1.85. The number of carbonyl (C=O) groups excluding carboxylic acids is 1. The highest BCUT2D eigenvalue weighted by molar-refractivity contribution is 6.21. The predicted octanol–water partition coefficient (Wildman–Crippen LogP) is 1.03. The zero-order valence-electron chi connectivity index (χ0n) is 7.51. The molecule has 86 valence electrons. The molecule has 2 aliphatic rings. The second kappa shape index (κ2) is 3.41. The van der Waals surface area contributed by atoms with Gasteiger partial charge in [0.05, 0.1) is 11.3 Å². The summed E-state index contributed by atoms with van der Waals surface area (Å²) in [7, 11) is 0. The number of amides is 2. The highest BCUT2D eigenvalue weighted by atomic mass is 35.5. The van der Waals surface area contributed by atoms with Gasteiger partial charge in [-0.1, -0.05) is 0 Å². The standard InChI is InChI=1S/C7H9ClF3N3O/c8-4-1-3(7(9,10)11)2-14-5(4)12-13-6(14)15/h3-5,12H,1-2H2,(H,13,15). The second-order valence-corrected chi connectivity index (χ2v) is 4.22. The minimum absolute atomic E-state index is 0.172. The highest BCUT2D eigenvalue weighted by Crippen LogP contribution is 2.37. The molecule has 2 heterocycles. The molecule has 2 rings (SSSR count). The van der Waals surface area contributed by atoms with Crippen LogP contribution < -0.4 is 10.9 Å². The number of alkyl halides is 4. The quantitative estimate of drug-likeness (QED) is 0.624. The highest BCUT2D eigenvalue weighted by Gasteiger charge is 2.50. The van der Waals surface area contributed by atoms with E-state index in [0.29, 0.717) is 0 Å². The number of carbonyl (C=O) groups is 1. The van der Waals surface area contributed by atoms with Crippen LogP contribution >= 0.6 is 11.6 Å². The molecule has 0 aliphatic carbocycles. The third-order valence-corrected chi connectivity index (χ3v) is 3.07. The maximum Gasteiger partial charge on any atom is 0.393 e. The number of hydrogen-bond donors (Lipinski definition) is 2. The van der Waals surface area contributed by atoms with E-state index in [1.54, 1.807) is 0 Å². The van der Waals surface area contributed by atoms with Crippen LogP contribution in [0.3, 0.4) is 0 Å². The lowest BCUT2D eigenvalue weighted by atomic mass is 9.96. The van der Waals surface area contributed by atoms with Gasteiger partial charge in [0.25, 0.3) is 0 Å². The molecule has 3 unspecified atom stereocenters. The maximum absolute atomic E-state index is 12.5. The minimum atomic E-state index is -4.30. The Morgan fingerprint density at radius 2 is 2.13 bits per heavy atom. The monoisotopic (exact) mass is 243 g/mol. The van der Waals surface area contributed by atoms with E-state index in [1.165, 1.54) is 0 Å². The molecule has 0 bridgehead atoms. The average Bonchev–Trinajstić information content (AvgIpc) is 2.47. The lowest BCUT2D eigenvalue weighted by Gasteiger charge is -2.37. The molecule has 0 aromatic heterocycles. The summed E-state index contributed by atoms with van der Waals surface area (Å²) in [5, 5.41) is -0.732. The van der Waals surface area contributed by atoms with Gasteiger partial charge in [-0.3, -0.25) is 5.43 Å². The van der Waals surface area contributed by atoms with Crippen LogP contribution in [0.2, 0.25) is 0 Å². The van der Waals surface area contributed by atoms with Gasteiger partial charge in [0, 0.05) is 6.54 Å². The second-order valence-electron chi connectivity index (χ2n) is 3.66. The summed E-state index contributed by atoms with van der Waals surface area (Å²) in [6.07, 6.45) is -5.02. The number of rotatable bonds is 0. The number of urea groups is 1. The van der Waals surface area contributed by atoms with Crippen molar-refractivity contribution in [3.05, 3.63) is 0 Å². The van der Waals surface area contributed by atoms with Crippen molar-refractivity contribution in [3.63, 3.8) is 0 Å². The zero-order valence-corrected chi connectivity index (χ0v) is 8.27. The molecule has 2 amide bonds. The molecule has 0 spiro atoms. The molecule has 2 aliphatic heterocycles. The fourth-order valence-corrected chi connectivity index (χ4v) is 2.26. The maximum atomic E-state index is 12.5. The van der Waals surface area contributed by atoms with Crippen LogP contribution in [0.1, 0.15) is 6.42 Å². The molecule has 2 saturated heterocycles. The van der Waals surface area contributed by atoms with Gasteiger partial charge in [0.1, 0.15) is 6.17 Å². The van der Waals surface area contributed by atoms with E-state index in [9.17, 15) is 18.0 Å². The Kier molecular flexibility index (Phi) is 2.46. The van der Waals surface area contributed by atoms with Gasteiger partial charge in [-0.2, -0.15) is 13.2 Å². The molecule has 3 atom stereocenters. The minimum Gasteiger partial charge on any atom is -0.304 e. The molecule has 15 heavy (non-hydrogen) atoms. The average molecular weight is 244 g/mol. The van der Waals surface area contributed by atoms with E-state index in [2.05, 4.69) is 10.9 Å². The van der Waals surface area contributed by atoms with Crippen LogP contribution in [-0.4, -0.2) is 35.2 Å². The molecule has 0 aromatic rings. The van der Waals surface area contributed by atoms with Gasteiger partial charge in [-0.15, -0.1) is 11.6 Å². The molecule has 0 radical (unpaired) electrons. The van der Waals surface area contributed by atoms with Gasteiger partial charge >= 0.3 is 12.2 Å². The first kappa shape index (κ1) is 10.8. The summed E-state index contributed by atoms with van der Waals surface area (Å²) in [6.45, 7) is -0.337. The van der Waals surface area contributed by atoms with Crippen molar-refractivity contribution in [1.82, 2.24) is 15.8 Å². The number of hydrazine groups is 1. The summed E-state index contributed by atoms with van der Waals surface area (Å²) in [5.41, 5.74) is 4.81. The largest absolute Gasteiger partial charge is 0.393 e. The predicted molar refractivity (Wildman–Crippen MR) is 46.0 cm³/mol. The van der Waals surface area contributed by atoms with E-state index in [0.717, 1.165) is 4.90 Å². The molecule has 2 N–H and O–H groups in total. The molecule has 2 fully saturated rings. The smallest absolute Gasteiger partial charge is 0.304 e. The summed E-state index contributed by atoms with van der Waals surface area (Å²) < 4.78 is 37.4. The zero-order chi connectivity index (χ0) is 11.2. The normalized spacial score (nSPS) is 36.4.